The molecule has 0 heterocycles. The molecule has 0 aliphatic heterocycles. The van der Waals surface area contributed by atoms with E-state index >= 15 is 0 Å². The Labute approximate surface area is 96.8 Å². The SMILES string of the molecule is O=S(=O)(Cl)c1cccc2c(Cl)cccc12. The Hall–Kier alpha value is -0.770. The van der Waals surface area contributed by atoms with E-state index in [0.717, 1.165) is 0 Å². The van der Waals surface area contributed by atoms with Crippen molar-refractivity contribution in [1.82, 2.24) is 0 Å². The third-order valence-electron chi connectivity index (χ3n) is 2.09. The van der Waals surface area contributed by atoms with Gasteiger partial charge in [-0.25, -0.2) is 8.42 Å². The maximum Gasteiger partial charge on any atom is 0.261 e. The van der Waals surface area contributed by atoms with Crippen molar-refractivity contribution < 1.29 is 8.42 Å². The van der Waals surface area contributed by atoms with Gasteiger partial charge in [0.1, 0.15) is 0 Å². The van der Waals surface area contributed by atoms with Crippen LogP contribution in [0.25, 0.3) is 10.8 Å². The van der Waals surface area contributed by atoms with E-state index in [9.17, 15) is 8.42 Å². The van der Waals surface area contributed by atoms with Crippen LogP contribution in [0.3, 0.4) is 0 Å². The van der Waals surface area contributed by atoms with E-state index in [1.807, 2.05) is 0 Å². The summed E-state index contributed by atoms with van der Waals surface area (Å²) in [6, 6.07) is 9.90. The quantitative estimate of drug-likeness (QED) is 0.737. The Morgan fingerprint density at radius 2 is 1.53 bits per heavy atom. The fourth-order valence-electron chi connectivity index (χ4n) is 1.46. The lowest BCUT2D eigenvalue weighted by Crippen LogP contribution is -1.91. The molecule has 0 amide bonds. The van der Waals surface area contributed by atoms with Crippen molar-refractivity contribution >= 4 is 42.1 Å². The number of halogens is 2. The molecule has 0 unspecified atom stereocenters. The summed E-state index contributed by atoms with van der Waals surface area (Å²) >= 11 is 5.94. The second-order valence-corrected chi connectivity index (χ2v) is 5.97. The number of rotatable bonds is 1. The Kier molecular flexibility index (Phi) is 2.63. The molecule has 0 N–H and O–H groups in total. The van der Waals surface area contributed by atoms with E-state index in [4.69, 9.17) is 22.3 Å². The number of hydrogen-bond acceptors (Lipinski definition) is 2. The molecule has 0 fully saturated rings. The number of fused-ring (bicyclic) bond motifs is 1. The van der Waals surface area contributed by atoms with Gasteiger partial charge in [0.2, 0.25) is 0 Å². The third-order valence-corrected chi connectivity index (χ3v) is 3.80. The first-order chi connectivity index (χ1) is 7.00. The summed E-state index contributed by atoms with van der Waals surface area (Å²) in [5.41, 5.74) is 0. The molecule has 0 atom stereocenters. The van der Waals surface area contributed by atoms with Crippen LogP contribution in [-0.2, 0) is 9.05 Å². The average molecular weight is 261 g/mol. The lowest BCUT2D eigenvalue weighted by molar-refractivity contribution is 0.610. The van der Waals surface area contributed by atoms with Gasteiger partial charge in [0.05, 0.1) is 4.90 Å². The minimum atomic E-state index is -3.73. The summed E-state index contributed by atoms with van der Waals surface area (Å²) in [5.74, 6) is 0. The molecule has 0 radical (unpaired) electrons. The average Bonchev–Trinajstić information content (AvgIpc) is 2.16. The molecule has 0 saturated carbocycles. The van der Waals surface area contributed by atoms with Gasteiger partial charge in [-0.05, 0) is 12.1 Å². The molecule has 15 heavy (non-hydrogen) atoms. The normalized spacial score (nSPS) is 11.9. The van der Waals surface area contributed by atoms with E-state index in [1.165, 1.54) is 6.07 Å². The molecular formula is C10H6Cl2O2S. The smallest absolute Gasteiger partial charge is 0.207 e. The van der Waals surface area contributed by atoms with E-state index < -0.39 is 9.05 Å². The lowest BCUT2D eigenvalue weighted by Gasteiger charge is -2.04. The lowest BCUT2D eigenvalue weighted by atomic mass is 10.1. The van der Waals surface area contributed by atoms with Crippen molar-refractivity contribution in [3.63, 3.8) is 0 Å². The highest BCUT2D eigenvalue weighted by Gasteiger charge is 2.14. The Morgan fingerprint density at radius 3 is 2.20 bits per heavy atom. The van der Waals surface area contributed by atoms with E-state index in [-0.39, 0.29) is 4.90 Å². The van der Waals surface area contributed by atoms with Gasteiger partial charge in [0.15, 0.2) is 0 Å². The fourth-order valence-corrected chi connectivity index (χ4v) is 2.78. The van der Waals surface area contributed by atoms with Gasteiger partial charge < -0.3 is 0 Å². The molecule has 2 aromatic carbocycles. The predicted octanol–water partition coefficient (Wildman–Crippen LogP) is 3.42. The van der Waals surface area contributed by atoms with Crippen LogP contribution in [0.5, 0.6) is 0 Å². The molecule has 0 bridgehead atoms. The fraction of sp³-hybridized carbons (Fsp3) is 0. The molecule has 0 saturated heterocycles. The van der Waals surface area contributed by atoms with Gasteiger partial charge in [-0.3, -0.25) is 0 Å². The molecule has 78 valence electrons. The molecule has 2 aromatic rings. The van der Waals surface area contributed by atoms with Gasteiger partial charge in [-0.1, -0.05) is 35.9 Å². The van der Waals surface area contributed by atoms with E-state index in [2.05, 4.69) is 0 Å². The Bertz CT molecular complexity index is 620. The molecule has 2 nitrogen and oxygen atoms in total. The van der Waals surface area contributed by atoms with Crippen molar-refractivity contribution in [3.8, 4) is 0 Å². The van der Waals surface area contributed by atoms with E-state index in [1.54, 1.807) is 30.3 Å². The third kappa shape index (κ3) is 1.95. The standard InChI is InChI=1S/C10H6Cl2O2S/c11-9-5-1-4-8-7(9)3-2-6-10(8)15(12,13)14/h1-6H. The minimum absolute atomic E-state index is 0.0872. The summed E-state index contributed by atoms with van der Waals surface area (Å²) in [7, 11) is 1.59. The highest BCUT2D eigenvalue weighted by molar-refractivity contribution is 8.14. The van der Waals surface area contributed by atoms with Crippen LogP contribution in [0.4, 0.5) is 0 Å². The van der Waals surface area contributed by atoms with Gasteiger partial charge in [-0.15, -0.1) is 0 Å². The summed E-state index contributed by atoms with van der Waals surface area (Å²) in [4.78, 5) is 0.0872. The summed E-state index contributed by atoms with van der Waals surface area (Å²) < 4.78 is 22.6. The second-order valence-electron chi connectivity index (χ2n) is 3.03. The maximum atomic E-state index is 11.3. The predicted molar refractivity (Wildman–Crippen MR) is 62.0 cm³/mol. The highest BCUT2D eigenvalue weighted by Crippen LogP contribution is 2.29. The van der Waals surface area contributed by atoms with Crippen molar-refractivity contribution in [3.05, 3.63) is 41.4 Å². The summed E-state index contributed by atoms with van der Waals surface area (Å²) in [6.45, 7) is 0. The topological polar surface area (TPSA) is 34.1 Å². The minimum Gasteiger partial charge on any atom is -0.207 e. The van der Waals surface area contributed by atoms with Crippen LogP contribution < -0.4 is 0 Å². The van der Waals surface area contributed by atoms with Gasteiger partial charge >= 0.3 is 0 Å². The zero-order valence-electron chi connectivity index (χ0n) is 7.44. The van der Waals surface area contributed by atoms with Crippen molar-refractivity contribution in [1.29, 1.82) is 0 Å². The monoisotopic (exact) mass is 260 g/mol. The first kappa shape index (κ1) is 10.7. The van der Waals surface area contributed by atoms with E-state index in [0.29, 0.717) is 15.8 Å². The Balaban J connectivity index is 2.96. The van der Waals surface area contributed by atoms with Crippen LogP contribution in [0.1, 0.15) is 0 Å². The van der Waals surface area contributed by atoms with Crippen molar-refractivity contribution in [2.75, 3.05) is 0 Å². The van der Waals surface area contributed by atoms with Crippen LogP contribution in [0.15, 0.2) is 41.3 Å². The zero-order chi connectivity index (χ0) is 11.1. The molecule has 0 spiro atoms. The van der Waals surface area contributed by atoms with Gasteiger partial charge in [0.25, 0.3) is 9.05 Å². The van der Waals surface area contributed by atoms with Crippen LogP contribution in [0, 0.1) is 0 Å². The number of hydrogen-bond donors (Lipinski definition) is 0. The molecule has 0 aliphatic rings. The molecule has 0 aliphatic carbocycles. The largest absolute Gasteiger partial charge is 0.261 e. The molecule has 2 rings (SSSR count). The molecule has 5 heteroatoms. The first-order valence-corrected chi connectivity index (χ1v) is 6.81. The van der Waals surface area contributed by atoms with Crippen LogP contribution >= 0.6 is 22.3 Å². The maximum absolute atomic E-state index is 11.3. The number of benzene rings is 2. The molecular weight excluding hydrogens is 255 g/mol. The first-order valence-electron chi connectivity index (χ1n) is 4.12. The van der Waals surface area contributed by atoms with Gasteiger partial charge in [0, 0.05) is 26.5 Å². The zero-order valence-corrected chi connectivity index (χ0v) is 9.77. The highest BCUT2D eigenvalue weighted by atomic mass is 35.7. The van der Waals surface area contributed by atoms with Crippen LogP contribution in [0.2, 0.25) is 5.02 Å². The Morgan fingerprint density at radius 1 is 0.933 bits per heavy atom. The van der Waals surface area contributed by atoms with Gasteiger partial charge in [-0.2, -0.15) is 0 Å². The summed E-state index contributed by atoms with van der Waals surface area (Å²) in [6.07, 6.45) is 0. The van der Waals surface area contributed by atoms with Crippen LogP contribution in [-0.4, -0.2) is 8.42 Å². The summed E-state index contributed by atoms with van der Waals surface area (Å²) in [5, 5.41) is 1.73. The molecule has 0 aromatic heterocycles. The van der Waals surface area contributed by atoms with Crippen molar-refractivity contribution in [2.24, 2.45) is 0 Å². The second kappa shape index (κ2) is 3.67. The van der Waals surface area contributed by atoms with Crippen molar-refractivity contribution in [2.45, 2.75) is 4.90 Å².